The molecule has 0 atom stereocenters. The largest absolute Gasteiger partial charge is 0.398 e. The number of piperidine rings is 1. The molecule has 3 heteroatoms. The molecule has 1 aliphatic rings. The number of allylic oxidation sites excluding steroid dienone is 1. The number of hydrogen-bond acceptors (Lipinski definition) is 3. The Kier molecular flexibility index (Phi) is 5.40. The minimum Gasteiger partial charge on any atom is -0.398 e. The van der Waals surface area contributed by atoms with Crippen LogP contribution in [0.15, 0.2) is 24.3 Å². The van der Waals surface area contributed by atoms with E-state index >= 15 is 0 Å². The molecule has 0 spiro atoms. The summed E-state index contributed by atoms with van der Waals surface area (Å²) < 4.78 is 0. The molecule has 0 radical (unpaired) electrons. The van der Waals surface area contributed by atoms with E-state index in [-0.39, 0.29) is 0 Å². The van der Waals surface area contributed by atoms with E-state index < -0.39 is 0 Å². The van der Waals surface area contributed by atoms with Gasteiger partial charge in [-0.1, -0.05) is 18.3 Å². The molecule has 20 heavy (non-hydrogen) atoms. The molecule has 1 heterocycles. The highest BCUT2D eigenvalue weighted by Crippen LogP contribution is 2.15. The zero-order valence-corrected chi connectivity index (χ0v) is 11.6. The number of nitrogen functional groups attached to an aromatic ring is 1. The Morgan fingerprint density at radius 2 is 2.05 bits per heavy atom. The summed E-state index contributed by atoms with van der Waals surface area (Å²) in [4.78, 5) is 12.8. The number of benzene rings is 1. The number of likely N-dealkylation sites (tertiary alicyclic amines) is 1. The molecule has 1 fully saturated rings. The van der Waals surface area contributed by atoms with Gasteiger partial charge in [0.05, 0.1) is 6.54 Å². The van der Waals surface area contributed by atoms with Crippen molar-refractivity contribution in [1.29, 1.82) is 0 Å². The quantitative estimate of drug-likeness (QED) is 0.396. The van der Waals surface area contributed by atoms with Crippen LogP contribution < -0.4 is 5.73 Å². The summed E-state index contributed by atoms with van der Waals surface area (Å²) in [5.41, 5.74) is 8.28. The lowest BCUT2D eigenvalue weighted by Gasteiger charge is -2.23. The van der Waals surface area contributed by atoms with Gasteiger partial charge in [0.15, 0.2) is 0 Å². The highest BCUT2D eigenvalue weighted by atomic mass is 16.1. The van der Waals surface area contributed by atoms with Gasteiger partial charge in [0.25, 0.3) is 0 Å². The number of nitrogens with zero attached hydrogens (tertiary/aromatic N) is 1. The lowest BCUT2D eigenvalue weighted by Crippen LogP contribution is -2.29. The molecule has 2 rings (SSSR count). The maximum Gasteiger partial charge on any atom is 0.142 e. The summed E-state index contributed by atoms with van der Waals surface area (Å²) in [5, 5.41) is 0. The highest BCUT2D eigenvalue weighted by molar-refractivity contribution is 5.77. The van der Waals surface area contributed by atoms with Gasteiger partial charge in [-0.3, -0.25) is 9.69 Å². The molecule has 0 bridgehead atoms. The molecular weight excluding hydrogens is 248 g/mol. The molecule has 1 saturated heterocycles. The number of aldehydes is 1. The van der Waals surface area contributed by atoms with E-state index in [1.165, 1.54) is 25.3 Å². The molecule has 2 N–H and O–H groups in total. The normalized spacial score (nSPS) is 15.8. The fourth-order valence-electron chi connectivity index (χ4n) is 2.31. The zero-order valence-electron chi connectivity index (χ0n) is 11.6. The summed E-state index contributed by atoms with van der Waals surface area (Å²) in [7, 11) is 0. The van der Waals surface area contributed by atoms with Crippen LogP contribution in [0.2, 0.25) is 0 Å². The first-order valence-corrected chi connectivity index (χ1v) is 7.02. The Hall–Kier alpha value is -2.05. The van der Waals surface area contributed by atoms with E-state index in [1.54, 1.807) is 6.08 Å². The predicted octanol–water partition coefficient (Wildman–Crippen LogP) is 2.32. The van der Waals surface area contributed by atoms with Gasteiger partial charge in [-0.25, -0.2) is 0 Å². The van der Waals surface area contributed by atoms with Gasteiger partial charge in [-0.2, -0.15) is 0 Å². The molecule has 3 nitrogen and oxygen atoms in total. The third-order valence-electron chi connectivity index (χ3n) is 3.43. The molecule has 0 aromatic heterocycles. The minimum atomic E-state index is 0.657. The van der Waals surface area contributed by atoms with Crippen molar-refractivity contribution in [2.75, 3.05) is 25.4 Å². The Morgan fingerprint density at radius 3 is 2.80 bits per heavy atom. The average molecular weight is 268 g/mol. The molecule has 0 aliphatic carbocycles. The fraction of sp³-hybridized carbons (Fsp3) is 0.353. The Labute approximate surface area is 120 Å². The van der Waals surface area contributed by atoms with Crippen LogP contribution in [0.25, 0.3) is 6.08 Å². The third-order valence-corrected chi connectivity index (χ3v) is 3.43. The lowest BCUT2D eigenvalue weighted by molar-refractivity contribution is -0.104. The van der Waals surface area contributed by atoms with Gasteiger partial charge in [0.2, 0.25) is 0 Å². The van der Waals surface area contributed by atoms with Crippen LogP contribution >= 0.6 is 0 Å². The summed E-state index contributed by atoms with van der Waals surface area (Å²) in [6.45, 7) is 3.14. The summed E-state index contributed by atoms with van der Waals surface area (Å²) in [6.07, 6.45) is 7.80. The van der Waals surface area contributed by atoms with Crippen LogP contribution in [-0.4, -0.2) is 30.8 Å². The third kappa shape index (κ3) is 4.25. The zero-order chi connectivity index (χ0) is 14.2. The van der Waals surface area contributed by atoms with Crippen LogP contribution in [0.1, 0.15) is 30.4 Å². The van der Waals surface area contributed by atoms with Crippen LogP contribution in [0, 0.1) is 11.8 Å². The van der Waals surface area contributed by atoms with Gasteiger partial charge < -0.3 is 5.73 Å². The van der Waals surface area contributed by atoms with E-state index in [9.17, 15) is 4.79 Å². The first kappa shape index (κ1) is 14.4. The fourth-order valence-corrected chi connectivity index (χ4v) is 2.31. The Balaban J connectivity index is 2.02. The summed E-state index contributed by atoms with van der Waals surface area (Å²) in [6, 6.07) is 5.66. The van der Waals surface area contributed by atoms with Crippen molar-refractivity contribution in [3.05, 3.63) is 35.4 Å². The maximum absolute atomic E-state index is 10.4. The second-order valence-electron chi connectivity index (χ2n) is 4.98. The van der Waals surface area contributed by atoms with E-state index in [0.717, 1.165) is 37.0 Å². The number of hydrogen-bond donors (Lipinski definition) is 1. The lowest BCUT2D eigenvalue weighted by atomic mass is 10.1. The average Bonchev–Trinajstić information content (AvgIpc) is 2.49. The molecule has 1 aromatic carbocycles. The number of anilines is 1. The minimum absolute atomic E-state index is 0.657. The van der Waals surface area contributed by atoms with Crippen LogP contribution in [0.4, 0.5) is 5.69 Å². The SMILES string of the molecule is Nc1ccc(C#CCN2CCCCC2)cc1/C=C\C=O. The molecule has 1 aromatic rings. The van der Waals surface area contributed by atoms with E-state index in [2.05, 4.69) is 16.7 Å². The van der Waals surface area contributed by atoms with Gasteiger partial charge in [0, 0.05) is 11.3 Å². The molecule has 0 unspecified atom stereocenters. The van der Waals surface area contributed by atoms with Crippen molar-refractivity contribution >= 4 is 18.0 Å². The molecule has 0 saturated carbocycles. The number of carbonyl (C=O) groups is 1. The standard InChI is InChI=1S/C17H20N2O/c18-17-9-8-15(14-16(17)7-5-13-20)6-4-12-19-10-2-1-3-11-19/h5,7-9,13-14H,1-3,10-12,18H2/b7-5-. The van der Waals surface area contributed by atoms with Crippen molar-refractivity contribution in [2.24, 2.45) is 0 Å². The van der Waals surface area contributed by atoms with E-state index in [1.807, 2.05) is 18.2 Å². The van der Waals surface area contributed by atoms with Crippen LogP contribution in [0.3, 0.4) is 0 Å². The van der Waals surface area contributed by atoms with Gasteiger partial charge in [-0.05, 0) is 61.8 Å². The topological polar surface area (TPSA) is 46.3 Å². The molecule has 104 valence electrons. The van der Waals surface area contributed by atoms with Crippen molar-refractivity contribution in [3.63, 3.8) is 0 Å². The number of rotatable bonds is 3. The molecule has 1 aliphatic heterocycles. The smallest absolute Gasteiger partial charge is 0.142 e. The van der Waals surface area contributed by atoms with E-state index in [4.69, 9.17) is 5.73 Å². The maximum atomic E-state index is 10.4. The number of nitrogens with two attached hydrogens (primary N) is 1. The molecule has 0 amide bonds. The van der Waals surface area contributed by atoms with Gasteiger partial charge >= 0.3 is 0 Å². The van der Waals surface area contributed by atoms with Crippen molar-refractivity contribution in [1.82, 2.24) is 4.90 Å². The Bertz CT molecular complexity index is 546. The van der Waals surface area contributed by atoms with E-state index in [0.29, 0.717) is 5.69 Å². The second-order valence-corrected chi connectivity index (χ2v) is 4.98. The van der Waals surface area contributed by atoms with Crippen LogP contribution in [-0.2, 0) is 4.79 Å². The predicted molar refractivity (Wildman–Crippen MR) is 83.1 cm³/mol. The highest BCUT2D eigenvalue weighted by Gasteiger charge is 2.07. The second kappa shape index (κ2) is 7.52. The summed E-state index contributed by atoms with van der Waals surface area (Å²) >= 11 is 0. The number of carbonyl (C=O) groups excluding carboxylic acids is 1. The van der Waals surface area contributed by atoms with Crippen molar-refractivity contribution in [3.8, 4) is 11.8 Å². The van der Waals surface area contributed by atoms with Crippen LogP contribution in [0.5, 0.6) is 0 Å². The monoisotopic (exact) mass is 268 g/mol. The Morgan fingerprint density at radius 1 is 1.25 bits per heavy atom. The first-order valence-electron chi connectivity index (χ1n) is 7.02. The van der Waals surface area contributed by atoms with Gasteiger partial charge in [-0.15, -0.1) is 0 Å². The molecular formula is C17H20N2O. The van der Waals surface area contributed by atoms with Crippen molar-refractivity contribution < 1.29 is 4.79 Å². The van der Waals surface area contributed by atoms with Crippen molar-refractivity contribution in [2.45, 2.75) is 19.3 Å². The van der Waals surface area contributed by atoms with Gasteiger partial charge in [0.1, 0.15) is 6.29 Å². The first-order chi connectivity index (χ1) is 9.79. The summed E-state index contributed by atoms with van der Waals surface area (Å²) in [5.74, 6) is 6.38.